The predicted octanol–water partition coefficient (Wildman–Crippen LogP) is 2.49. The van der Waals surface area contributed by atoms with Gasteiger partial charge < -0.3 is 9.94 Å². The van der Waals surface area contributed by atoms with Gasteiger partial charge >= 0.3 is 0 Å². The van der Waals surface area contributed by atoms with Crippen molar-refractivity contribution >= 4 is 5.71 Å². The number of oxime groups is 1. The third-order valence-corrected chi connectivity index (χ3v) is 3.25. The molecular formula is C11H17NO2. The summed E-state index contributed by atoms with van der Waals surface area (Å²) >= 11 is 0. The van der Waals surface area contributed by atoms with Crippen molar-refractivity contribution in [2.45, 2.75) is 50.2 Å². The highest BCUT2D eigenvalue weighted by Crippen LogP contribution is 2.49. The fraction of sp³-hybridized carbons (Fsp3) is 0.727. The van der Waals surface area contributed by atoms with Crippen molar-refractivity contribution in [1.82, 2.24) is 0 Å². The van der Waals surface area contributed by atoms with Gasteiger partial charge in [0.25, 0.3) is 0 Å². The van der Waals surface area contributed by atoms with Crippen LogP contribution in [0.3, 0.4) is 0 Å². The summed E-state index contributed by atoms with van der Waals surface area (Å²) in [4.78, 5) is 0. The van der Waals surface area contributed by atoms with Crippen molar-refractivity contribution in [2.75, 3.05) is 0 Å². The molecule has 2 fully saturated rings. The van der Waals surface area contributed by atoms with E-state index < -0.39 is 0 Å². The van der Waals surface area contributed by atoms with Crippen molar-refractivity contribution < 1.29 is 9.94 Å². The van der Waals surface area contributed by atoms with Gasteiger partial charge in [-0.3, -0.25) is 0 Å². The van der Waals surface area contributed by atoms with Gasteiger partial charge in [0.1, 0.15) is 11.7 Å². The van der Waals surface area contributed by atoms with E-state index in [9.17, 15) is 0 Å². The van der Waals surface area contributed by atoms with E-state index in [0.717, 1.165) is 44.2 Å². The first-order valence-electron chi connectivity index (χ1n) is 5.32. The number of epoxide rings is 1. The summed E-state index contributed by atoms with van der Waals surface area (Å²) in [5.74, 6) is 0. The zero-order valence-electron chi connectivity index (χ0n) is 8.41. The number of hydrogen-bond donors (Lipinski definition) is 1. The molecule has 0 amide bonds. The Labute approximate surface area is 84.4 Å². The Balaban J connectivity index is 1.90. The van der Waals surface area contributed by atoms with E-state index >= 15 is 0 Å². The maximum absolute atomic E-state index is 8.77. The maximum atomic E-state index is 8.77. The summed E-state index contributed by atoms with van der Waals surface area (Å²) in [6.07, 6.45) is 8.40. The number of fused-ring (bicyclic) bond motifs is 1. The molecular weight excluding hydrogens is 178 g/mol. The van der Waals surface area contributed by atoms with Gasteiger partial charge in [0.2, 0.25) is 0 Å². The Morgan fingerprint density at radius 2 is 2.57 bits per heavy atom. The van der Waals surface area contributed by atoms with Gasteiger partial charge in [0.15, 0.2) is 0 Å². The monoisotopic (exact) mass is 195 g/mol. The highest BCUT2D eigenvalue weighted by Gasteiger charge is 2.59. The number of ether oxygens (including phenoxy) is 1. The molecule has 2 rings (SSSR count). The van der Waals surface area contributed by atoms with Crippen LogP contribution in [0.2, 0.25) is 0 Å². The molecule has 2 atom stereocenters. The highest BCUT2D eigenvalue weighted by molar-refractivity contribution is 5.92. The molecule has 1 saturated heterocycles. The quantitative estimate of drug-likeness (QED) is 0.246. The van der Waals surface area contributed by atoms with Crippen LogP contribution in [0.15, 0.2) is 17.8 Å². The molecule has 0 bridgehead atoms. The maximum Gasteiger partial charge on any atom is 0.129 e. The number of rotatable bonds is 4. The van der Waals surface area contributed by atoms with Gasteiger partial charge in [-0.25, -0.2) is 0 Å². The van der Waals surface area contributed by atoms with Gasteiger partial charge in [-0.15, -0.1) is 6.58 Å². The van der Waals surface area contributed by atoms with Gasteiger partial charge in [-0.2, -0.15) is 0 Å². The first-order valence-corrected chi connectivity index (χ1v) is 5.32. The number of hydrogen-bond acceptors (Lipinski definition) is 3. The SMILES string of the molecule is C=CCCCC12CCC/C(=N\O)C1O2. The minimum Gasteiger partial charge on any atom is -0.411 e. The fourth-order valence-electron chi connectivity index (χ4n) is 2.43. The van der Waals surface area contributed by atoms with E-state index in [1.807, 2.05) is 6.08 Å². The van der Waals surface area contributed by atoms with E-state index in [2.05, 4.69) is 11.7 Å². The molecule has 2 unspecified atom stereocenters. The second-order valence-corrected chi connectivity index (χ2v) is 4.19. The van der Waals surface area contributed by atoms with Crippen LogP contribution in [0.4, 0.5) is 0 Å². The lowest BCUT2D eigenvalue weighted by molar-refractivity contribution is 0.268. The van der Waals surface area contributed by atoms with Crippen LogP contribution in [-0.2, 0) is 4.74 Å². The van der Waals surface area contributed by atoms with Crippen molar-refractivity contribution in [2.24, 2.45) is 5.16 Å². The van der Waals surface area contributed by atoms with E-state index in [4.69, 9.17) is 9.94 Å². The average Bonchev–Trinajstić information content (AvgIpc) is 2.92. The van der Waals surface area contributed by atoms with Crippen molar-refractivity contribution in [3.05, 3.63) is 12.7 Å². The molecule has 0 radical (unpaired) electrons. The van der Waals surface area contributed by atoms with E-state index in [1.165, 1.54) is 0 Å². The Bertz CT molecular complexity index is 262. The Morgan fingerprint density at radius 3 is 3.29 bits per heavy atom. The van der Waals surface area contributed by atoms with Crippen LogP contribution in [0.1, 0.15) is 38.5 Å². The molecule has 1 heterocycles. The number of allylic oxidation sites excluding steroid dienone is 1. The number of unbranched alkanes of at least 4 members (excludes halogenated alkanes) is 1. The summed E-state index contributed by atoms with van der Waals surface area (Å²) in [5.41, 5.74) is 0.873. The molecule has 14 heavy (non-hydrogen) atoms. The zero-order valence-corrected chi connectivity index (χ0v) is 8.41. The molecule has 1 N–H and O–H groups in total. The smallest absolute Gasteiger partial charge is 0.129 e. The topological polar surface area (TPSA) is 45.1 Å². The summed E-state index contributed by atoms with van der Waals surface area (Å²) in [6.45, 7) is 3.71. The minimum atomic E-state index is 0.0306. The molecule has 2 aliphatic rings. The summed E-state index contributed by atoms with van der Waals surface area (Å²) in [5, 5.41) is 12.1. The zero-order chi connectivity index (χ0) is 10.0. The molecule has 3 nitrogen and oxygen atoms in total. The standard InChI is InChI=1S/C11H17NO2/c1-2-3-4-7-11-8-5-6-9(12-13)10(11)14-11/h2,10,13H,1,3-8H2/b12-9+. The summed E-state index contributed by atoms with van der Waals surface area (Å²) in [7, 11) is 0. The molecule has 0 aromatic carbocycles. The normalized spacial score (nSPS) is 38.0. The lowest BCUT2D eigenvalue weighted by Gasteiger charge is -2.16. The third kappa shape index (κ3) is 1.57. The van der Waals surface area contributed by atoms with Crippen molar-refractivity contribution in [3.63, 3.8) is 0 Å². The second kappa shape index (κ2) is 3.73. The van der Waals surface area contributed by atoms with E-state index in [1.54, 1.807) is 0 Å². The first kappa shape index (κ1) is 9.71. The Hall–Kier alpha value is -0.830. The molecule has 0 spiro atoms. The summed E-state index contributed by atoms with van der Waals surface area (Å²) in [6, 6.07) is 0. The Kier molecular flexibility index (Phi) is 2.59. The van der Waals surface area contributed by atoms with E-state index in [0.29, 0.717) is 0 Å². The van der Waals surface area contributed by atoms with Gasteiger partial charge in [-0.1, -0.05) is 11.2 Å². The second-order valence-electron chi connectivity index (χ2n) is 4.19. The lowest BCUT2D eigenvalue weighted by atomic mass is 9.84. The largest absolute Gasteiger partial charge is 0.411 e. The third-order valence-electron chi connectivity index (χ3n) is 3.25. The van der Waals surface area contributed by atoms with Crippen LogP contribution in [-0.4, -0.2) is 22.6 Å². The molecule has 1 aliphatic carbocycles. The minimum absolute atomic E-state index is 0.0306. The van der Waals surface area contributed by atoms with E-state index in [-0.39, 0.29) is 11.7 Å². The van der Waals surface area contributed by atoms with Gasteiger partial charge in [0.05, 0.1) is 5.71 Å². The van der Waals surface area contributed by atoms with Gasteiger partial charge in [-0.05, 0) is 38.5 Å². The van der Waals surface area contributed by atoms with Crippen LogP contribution in [0, 0.1) is 0 Å². The highest BCUT2D eigenvalue weighted by atomic mass is 16.6. The predicted molar refractivity (Wildman–Crippen MR) is 54.7 cm³/mol. The van der Waals surface area contributed by atoms with Crippen molar-refractivity contribution in [1.29, 1.82) is 0 Å². The van der Waals surface area contributed by atoms with Crippen LogP contribution in [0.25, 0.3) is 0 Å². The molecule has 3 heteroatoms. The van der Waals surface area contributed by atoms with Crippen LogP contribution < -0.4 is 0 Å². The first-order chi connectivity index (χ1) is 6.82. The fourth-order valence-corrected chi connectivity index (χ4v) is 2.43. The number of nitrogens with zero attached hydrogens (tertiary/aromatic N) is 1. The molecule has 0 aromatic heterocycles. The lowest BCUT2D eigenvalue weighted by Crippen LogP contribution is -2.26. The summed E-state index contributed by atoms with van der Waals surface area (Å²) < 4.78 is 5.69. The molecule has 1 aliphatic heterocycles. The van der Waals surface area contributed by atoms with Crippen molar-refractivity contribution in [3.8, 4) is 0 Å². The van der Waals surface area contributed by atoms with Crippen LogP contribution >= 0.6 is 0 Å². The van der Waals surface area contributed by atoms with Crippen LogP contribution in [0.5, 0.6) is 0 Å². The molecule has 0 aromatic rings. The average molecular weight is 195 g/mol. The Morgan fingerprint density at radius 1 is 1.71 bits per heavy atom. The van der Waals surface area contributed by atoms with Gasteiger partial charge in [0, 0.05) is 0 Å². The molecule has 1 saturated carbocycles. The molecule has 78 valence electrons.